The summed E-state index contributed by atoms with van der Waals surface area (Å²) in [6.07, 6.45) is 4.31. The molecule has 0 radical (unpaired) electrons. The quantitative estimate of drug-likeness (QED) is 0.137. The number of hydrogen-bond acceptors (Lipinski definition) is 4. The summed E-state index contributed by atoms with van der Waals surface area (Å²) in [6, 6.07) is 53.0. The van der Waals surface area contributed by atoms with Gasteiger partial charge in [-0.2, -0.15) is 0 Å². The zero-order valence-electron chi connectivity index (χ0n) is 41.1. The lowest BCUT2D eigenvalue weighted by Gasteiger charge is -2.29. The number of aromatic nitrogens is 2. The fourth-order valence-corrected chi connectivity index (χ4v) is 9.80. The molecule has 336 valence electrons. The number of hydrogen-bond donors (Lipinski definition) is 0. The third-order valence-corrected chi connectivity index (χ3v) is 13.7. The molecule has 0 saturated heterocycles. The zero-order chi connectivity index (χ0) is 46.7. The first-order valence-electron chi connectivity index (χ1n) is 23.8. The van der Waals surface area contributed by atoms with Crippen LogP contribution >= 0.6 is 0 Å². The highest BCUT2D eigenvalue weighted by Crippen LogP contribution is 2.46. The Hall–Kier alpha value is -6.59. The second-order valence-corrected chi connectivity index (χ2v) is 21.4. The summed E-state index contributed by atoms with van der Waals surface area (Å²) in [5.74, 6) is 3.17. The van der Waals surface area contributed by atoms with Crippen molar-refractivity contribution in [1.82, 2.24) is 9.55 Å². The van der Waals surface area contributed by atoms with Gasteiger partial charge in [0.25, 0.3) is 0 Å². The van der Waals surface area contributed by atoms with Gasteiger partial charge >= 0.3 is 0 Å². The lowest BCUT2D eigenvalue weighted by Crippen LogP contribution is -2.27. The Labute approximate surface area is 393 Å². The van der Waals surface area contributed by atoms with Crippen LogP contribution in [0.5, 0.6) is 11.5 Å². The van der Waals surface area contributed by atoms with E-state index in [1.54, 1.807) is 0 Å². The molecule has 0 spiro atoms. The molecule has 0 aliphatic carbocycles. The van der Waals surface area contributed by atoms with E-state index >= 15 is 0 Å². The van der Waals surface area contributed by atoms with E-state index in [9.17, 15) is 0 Å². The molecular weight excluding hydrogens is 805 g/mol. The van der Waals surface area contributed by atoms with Crippen LogP contribution in [0, 0.1) is 0 Å². The maximum atomic E-state index is 7.11. The molecule has 0 amide bonds. The van der Waals surface area contributed by atoms with Crippen LogP contribution < -0.4 is 14.5 Å². The minimum absolute atomic E-state index is 0.0183. The summed E-state index contributed by atoms with van der Waals surface area (Å²) in [7, 11) is 0. The molecule has 3 heterocycles. The Balaban J connectivity index is 1.19. The van der Waals surface area contributed by atoms with Crippen LogP contribution in [0.25, 0.3) is 33.3 Å². The Morgan fingerprint density at radius 1 is 0.545 bits per heavy atom. The molecule has 0 saturated carbocycles. The minimum Gasteiger partial charge on any atom is -0.457 e. The summed E-state index contributed by atoms with van der Waals surface area (Å²) >= 11 is 0. The zero-order valence-corrected chi connectivity index (χ0v) is 41.1. The first-order valence-corrected chi connectivity index (χ1v) is 23.8. The number of benzene rings is 6. The second kappa shape index (κ2) is 17.0. The molecular formula is C61H66N4O. The van der Waals surface area contributed by atoms with Crippen LogP contribution in [-0.4, -0.2) is 16.2 Å². The first kappa shape index (κ1) is 44.6. The van der Waals surface area contributed by atoms with E-state index in [0.717, 1.165) is 34.0 Å². The summed E-state index contributed by atoms with van der Waals surface area (Å²) < 4.78 is 9.43. The van der Waals surface area contributed by atoms with Crippen molar-refractivity contribution in [1.29, 1.82) is 0 Å². The van der Waals surface area contributed by atoms with Gasteiger partial charge < -0.3 is 14.5 Å². The minimum atomic E-state index is -0.359. The molecule has 0 atom stereocenters. The van der Waals surface area contributed by atoms with Crippen molar-refractivity contribution >= 4 is 38.9 Å². The largest absolute Gasteiger partial charge is 0.457 e. The Kier molecular flexibility index (Phi) is 11.5. The van der Waals surface area contributed by atoms with Crippen molar-refractivity contribution < 1.29 is 4.74 Å². The summed E-state index contributed by atoms with van der Waals surface area (Å²) in [6.45, 7) is 28.2. The number of nitrogens with zero attached hydrogens (tertiary/aromatic N) is 4. The van der Waals surface area contributed by atoms with Crippen molar-refractivity contribution in [2.75, 3.05) is 16.5 Å². The van der Waals surface area contributed by atoms with Crippen LogP contribution in [0.15, 0.2) is 158 Å². The smallest absolute Gasteiger partial charge is 0.137 e. The molecule has 9 rings (SSSR count). The van der Waals surface area contributed by atoms with Crippen LogP contribution in [0.4, 0.5) is 11.4 Å². The van der Waals surface area contributed by atoms with Gasteiger partial charge in [0.05, 0.1) is 23.4 Å². The highest BCUT2D eigenvalue weighted by molar-refractivity contribution is 6.12. The Morgan fingerprint density at radius 3 is 1.86 bits per heavy atom. The van der Waals surface area contributed by atoms with Crippen LogP contribution in [0.2, 0.25) is 0 Å². The predicted octanol–water partition coefficient (Wildman–Crippen LogP) is 16.4. The van der Waals surface area contributed by atoms with Crippen molar-refractivity contribution in [2.24, 2.45) is 0 Å². The summed E-state index contributed by atoms with van der Waals surface area (Å²) in [5.41, 5.74) is 14.3. The first-order chi connectivity index (χ1) is 31.4. The van der Waals surface area contributed by atoms with Crippen LogP contribution in [0.1, 0.15) is 134 Å². The second-order valence-electron chi connectivity index (χ2n) is 21.4. The van der Waals surface area contributed by atoms with Crippen molar-refractivity contribution in [3.05, 3.63) is 197 Å². The van der Waals surface area contributed by atoms with Gasteiger partial charge in [-0.15, -0.1) is 0 Å². The monoisotopic (exact) mass is 871 g/mol. The third-order valence-electron chi connectivity index (χ3n) is 13.7. The van der Waals surface area contributed by atoms with Gasteiger partial charge in [0.2, 0.25) is 0 Å². The molecule has 1 aliphatic heterocycles. The predicted molar refractivity (Wildman–Crippen MR) is 280 cm³/mol. The van der Waals surface area contributed by atoms with Crippen molar-refractivity contribution in [3.8, 4) is 17.3 Å². The average Bonchev–Trinajstić information content (AvgIpc) is 3.89. The Bertz CT molecular complexity index is 3070. The average molecular weight is 871 g/mol. The van der Waals surface area contributed by atoms with Gasteiger partial charge in [-0.25, -0.2) is 4.98 Å². The molecule has 2 aromatic heterocycles. The number of pyridine rings is 1. The summed E-state index contributed by atoms with van der Waals surface area (Å²) in [5, 5.41) is 2.40. The maximum Gasteiger partial charge on any atom is 0.137 e. The molecule has 1 aliphatic rings. The number of anilines is 2. The third kappa shape index (κ3) is 8.29. The van der Waals surface area contributed by atoms with Crippen LogP contribution in [0.3, 0.4) is 0 Å². The number of rotatable bonds is 10. The van der Waals surface area contributed by atoms with E-state index in [-0.39, 0.29) is 16.2 Å². The lowest BCUT2D eigenvalue weighted by molar-refractivity contribution is 0.481. The fraction of sp³-hybridized carbons (Fsp3) is 0.295. The fourth-order valence-electron chi connectivity index (χ4n) is 9.80. The topological polar surface area (TPSA) is 33.5 Å². The van der Waals surface area contributed by atoms with Gasteiger partial charge in [-0.1, -0.05) is 168 Å². The molecule has 0 unspecified atom stereocenters. The highest BCUT2D eigenvalue weighted by atomic mass is 16.5. The lowest BCUT2D eigenvalue weighted by atomic mass is 9.76. The molecule has 6 aromatic carbocycles. The molecule has 66 heavy (non-hydrogen) atoms. The highest BCUT2D eigenvalue weighted by Gasteiger charge is 2.32. The number of para-hydroxylation sites is 1. The molecule has 5 heteroatoms. The van der Waals surface area contributed by atoms with Gasteiger partial charge in [0.1, 0.15) is 17.3 Å². The van der Waals surface area contributed by atoms with E-state index in [1.807, 2.05) is 6.20 Å². The van der Waals surface area contributed by atoms with Gasteiger partial charge in [-0.05, 0) is 105 Å². The molecule has 0 bridgehead atoms. The number of ether oxygens (including phenoxy) is 1. The molecule has 8 aromatic rings. The molecule has 0 N–H and O–H groups in total. The number of fused-ring (bicyclic) bond motifs is 3. The van der Waals surface area contributed by atoms with Crippen LogP contribution in [-0.2, 0) is 16.2 Å². The van der Waals surface area contributed by atoms with Crippen molar-refractivity contribution in [2.45, 2.75) is 111 Å². The van der Waals surface area contributed by atoms with Gasteiger partial charge in [-0.3, -0.25) is 4.57 Å². The van der Waals surface area contributed by atoms with E-state index in [1.165, 1.54) is 61.1 Å². The SMILES string of the molecule is CC(C)c1cccc(C(C)C)c1C1=CN(c2cccc(Oc3cc(C(C)(C)c4ccccc4)c4c5ccccc5n(-c5cc(C(C)(C)C)ccn5)c4c3)c2)CN1c1cccc(C(C)(C)C)c1. The standard InChI is InChI=1S/C61H66N4O/c1-40(2)49-28-20-29-50(41(3)4)57(49)55-38-63(39-64(55)46-25-18-23-43(33-46)59(5,6)7)45-24-19-26-47(35-45)66-48-36-52(61(11,12)42-21-14-13-15-22-42)58-51-27-16-17-30-53(51)65(54(58)37-48)56-34-44(31-32-62-56)60(8,9)10/h13-38,40-41H,39H2,1-12H3. The van der Waals surface area contributed by atoms with Gasteiger partial charge in [0.15, 0.2) is 0 Å². The maximum absolute atomic E-state index is 7.11. The Morgan fingerprint density at radius 2 is 1.17 bits per heavy atom. The van der Waals surface area contributed by atoms with E-state index in [4.69, 9.17) is 9.72 Å². The van der Waals surface area contributed by atoms with E-state index in [2.05, 4.69) is 249 Å². The molecule has 5 nitrogen and oxygen atoms in total. The van der Waals surface area contributed by atoms with Gasteiger partial charge in [0, 0.05) is 57.7 Å². The summed E-state index contributed by atoms with van der Waals surface area (Å²) in [4.78, 5) is 9.91. The molecule has 0 fully saturated rings. The normalized spacial score (nSPS) is 13.7. The van der Waals surface area contributed by atoms with Crippen molar-refractivity contribution in [3.63, 3.8) is 0 Å². The van der Waals surface area contributed by atoms with E-state index < -0.39 is 0 Å². The van der Waals surface area contributed by atoms with E-state index in [0.29, 0.717) is 18.5 Å².